The Kier molecular flexibility index (Phi) is 13.7. The van der Waals surface area contributed by atoms with Crippen LogP contribution in [0, 0.1) is 12.7 Å². The fraction of sp³-hybridized carbons (Fsp3) is 0.310. The molecular weight excluding hydrogens is 748 g/mol. The quantitative estimate of drug-likeness (QED) is 0.100. The summed E-state index contributed by atoms with van der Waals surface area (Å²) in [6, 6.07) is 15.8. The fourth-order valence-electron chi connectivity index (χ4n) is 6.93. The van der Waals surface area contributed by atoms with E-state index in [2.05, 4.69) is 31.2 Å². The molecule has 15 heteroatoms. The summed E-state index contributed by atoms with van der Waals surface area (Å²) >= 11 is 1.09. The molecule has 6 rings (SSSR count). The molecule has 0 unspecified atom stereocenters. The molecule has 5 aromatic rings. The van der Waals surface area contributed by atoms with Gasteiger partial charge in [0, 0.05) is 42.8 Å². The first-order valence-electron chi connectivity index (χ1n) is 18.9. The zero-order valence-corrected chi connectivity index (χ0v) is 32.4. The third kappa shape index (κ3) is 10.0. The van der Waals surface area contributed by atoms with Crippen LogP contribution in [0.25, 0.3) is 22.0 Å². The van der Waals surface area contributed by atoms with E-state index in [1.807, 2.05) is 37.3 Å². The largest absolute Gasteiger partial charge is 0.478 e. The molecule has 13 nitrogen and oxygen atoms in total. The van der Waals surface area contributed by atoms with Gasteiger partial charge >= 0.3 is 5.97 Å². The van der Waals surface area contributed by atoms with Crippen LogP contribution in [0.3, 0.4) is 0 Å². The van der Waals surface area contributed by atoms with E-state index in [1.165, 1.54) is 18.2 Å². The normalized spacial score (nSPS) is 18.2. The standard InChI is InChI=1S/C42H47FN8O5S/c1-24-18-28-22-47-34(8-4-16-44)39(53)50-35(9-5-17-45)40(54)51-36(19-27-21-46-33-7-3-2-6-30(27)33)38(52)48-23-31-29(25-10-12-26(13-11-25)42(55)56)14-15-32(43)37(31)57-41(28)49-20-24/h2-3,6-7,10-15,18,20-21,34-36,46-47H,4-5,8-9,16-17,19,22-23,44-45H2,1H3,(H,48,52)(H,50,53)(H,51,54)(H,55,56)/t34-,35-,36-/m0/s1. The second-order valence-electron chi connectivity index (χ2n) is 14.1. The molecule has 10 N–H and O–H groups in total. The van der Waals surface area contributed by atoms with Crippen LogP contribution in [0.4, 0.5) is 4.39 Å². The first-order chi connectivity index (χ1) is 27.6. The molecule has 57 heavy (non-hydrogen) atoms. The van der Waals surface area contributed by atoms with Crippen molar-refractivity contribution in [3.63, 3.8) is 0 Å². The van der Waals surface area contributed by atoms with Gasteiger partial charge in [0.1, 0.15) is 22.9 Å². The van der Waals surface area contributed by atoms with Crippen molar-refractivity contribution in [3.05, 3.63) is 113 Å². The third-order valence-electron chi connectivity index (χ3n) is 9.97. The number of rotatable bonds is 10. The lowest BCUT2D eigenvalue weighted by molar-refractivity contribution is -0.132. The van der Waals surface area contributed by atoms with E-state index in [4.69, 9.17) is 11.5 Å². The highest BCUT2D eigenvalue weighted by atomic mass is 32.2. The molecule has 1 aliphatic rings. The maximum absolute atomic E-state index is 16.2. The Balaban J connectivity index is 1.47. The summed E-state index contributed by atoms with van der Waals surface area (Å²) in [7, 11) is 0. The number of aromatic nitrogens is 2. The topological polar surface area (TPSA) is 217 Å². The van der Waals surface area contributed by atoms with Crippen LogP contribution in [-0.2, 0) is 33.9 Å². The number of aryl methyl sites for hydroxylation is 1. The summed E-state index contributed by atoms with van der Waals surface area (Å²) in [5, 5.41) is 23.0. The summed E-state index contributed by atoms with van der Waals surface area (Å²) in [5.74, 6) is -3.14. The third-order valence-corrected chi connectivity index (χ3v) is 11.2. The Hall–Kier alpha value is -5.61. The van der Waals surface area contributed by atoms with Crippen LogP contribution in [0.15, 0.2) is 89.0 Å². The van der Waals surface area contributed by atoms with E-state index in [1.54, 1.807) is 30.6 Å². The van der Waals surface area contributed by atoms with Crippen molar-refractivity contribution >= 4 is 46.4 Å². The number of hydrogen-bond acceptors (Lipinski definition) is 9. The number of carboxylic acids is 1. The van der Waals surface area contributed by atoms with Crippen molar-refractivity contribution in [2.24, 2.45) is 11.5 Å². The highest BCUT2D eigenvalue weighted by Crippen LogP contribution is 2.39. The molecule has 0 bridgehead atoms. The van der Waals surface area contributed by atoms with Crippen LogP contribution >= 0.6 is 11.8 Å². The molecular formula is C42H47FN8O5S. The zero-order valence-electron chi connectivity index (χ0n) is 31.6. The molecule has 3 heterocycles. The van der Waals surface area contributed by atoms with Crippen molar-refractivity contribution in [3.8, 4) is 11.1 Å². The van der Waals surface area contributed by atoms with Crippen molar-refractivity contribution in [2.45, 2.75) is 80.2 Å². The van der Waals surface area contributed by atoms with E-state index in [9.17, 15) is 24.3 Å². The van der Waals surface area contributed by atoms with Crippen LogP contribution in [0.2, 0.25) is 0 Å². The van der Waals surface area contributed by atoms with E-state index < -0.39 is 47.6 Å². The predicted molar refractivity (Wildman–Crippen MR) is 217 cm³/mol. The number of pyridine rings is 1. The van der Waals surface area contributed by atoms with Gasteiger partial charge in [-0.2, -0.15) is 0 Å². The number of hydrogen-bond donors (Lipinski definition) is 8. The lowest BCUT2D eigenvalue weighted by Gasteiger charge is -2.25. The Labute approximate surface area is 334 Å². The molecule has 0 saturated carbocycles. The molecule has 0 radical (unpaired) electrons. The summed E-state index contributed by atoms with van der Waals surface area (Å²) < 4.78 is 16.2. The summed E-state index contributed by atoms with van der Waals surface area (Å²) in [5.41, 5.74) is 16.6. The summed E-state index contributed by atoms with van der Waals surface area (Å²) in [4.78, 5) is 62.2. The van der Waals surface area contributed by atoms with Crippen LogP contribution < -0.4 is 32.7 Å². The number of carboxylic acid groups (broad SMARTS) is 1. The molecule has 0 spiro atoms. The van der Waals surface area contributed by atoms with E-state index >= 15 is 4.39 Å². The number of fused-ring (bicyclic) bond motifs is 3. The van der Waals surface area contributed by atoms with Crippen LogP contribution in [0.5, 0.6) is 0 Å². The van der Waals surface area contributed by atoms with Gasteiger partial charge in [-0.15, -0.1) is 0 Å². The lowest BCUT2D eigenvalue weighted by Crippen LogP contribution is -2.56. The van der Waals surface area contributed by atoms with Gasteiger partial charge in [0.2, 0.25) is 17.7 Å². The number of benzene rings is 3. The van der Waals surface area contributed by atoms with Gasteiger partial charge in [0.25, 0.3) is 0 Å². The Bertz CT molecular complexity index is 2250. The number of carbonyl (C=O) groups excluding carboxylic acids is 3. The van der Waals surface area contributed by atoms with Gasteiger partial charge < -0.3 is 42.8 Å². The minimum atomic E-state index is -1.11. The van der Waals surface area contributed by atoms with Crippen LogP contribution in [0.1, 0.15) is 58.3 Å². The first kappa shape index (κ1) is 41.0. The van der Waals surface area contributed by atoms with Crippen molar-refractivity contribution in [1.82, 2.24) is 31.2 Å². The maximum Gasteiger partial charge on any atom is 0.335 e. The highest BCUT2D eigenvalue weighted by Gasteiger charge is 2.30. The number of halogens is 1. The van der Waals surface area contributed by atoms with Gasteiger partial charge in [-0.05, 0) is 103 Å². The number of para-hydroxylation sites is 1. The number of H-pyrrole nitrogens is 1. The molecule has 0 saturated heterocycles. The first-order valence-corrected chi connectivity index (χ1v) is 19.7. The van der Waals surface area contributed by atoms with Crippen LogP contribution in [-0.4, -0.2) is 70.0 Å². The van der Waals surface area contributed by atoms with Gasteiger partial charge in [0.05, 0.1) is 16.5 Å². The van der Waals surface area contributed by atoms with Crippen molar-refractivity contribution < 1.29 is 28.7 Å². The van der Waals surface area contributed by atoms with Gasteiger partial charge in [-0.3, -0.25) is 14.4 Å². The van der Waals surface area contributed by atoms with Crippen molar-refractivity contribution in [2.75, 3.05) is 13.1 Å². The fourth-order valence-corrected chi connectivity index (χ4v) is 7.96. The van der Waals surface area contributed by atoms with E-state index in [0.717, 1.165) is 33.8 Å². The summed E-state index contributed by atoms with van der Waals surface area (Å²) in [6.07, 6.45) is 5.15. The monoisotopic (exact) mass is 794 g/mol. The Morgan fingerprint density at radius 3 is 2.33 bits per heavy atom. The van der Waals surface area contributed by atoms with Gasteiger partial charge in [-0.25, -0.2) is 14.2 Å². The van der Waals surface area contributed by atoms with Gasteiger partial charge in [0.15, 0.2) is 0 Å². The molecule has 3 amide bonds. The van der Waals surface area contributed by atoms with Crippen molar-refractivity contribution in [1.29, 1.82) is 0 Å². The Morgan fingerprint density at radius 1 is 0.895 bits per heavy atom. The number of aromatic amines is 1. The molecule has 0 fully saturated rings. The number of carbonyl (C=O) groups is 4. The molecule has 298 valence electrons. The van der Waals surface area contributed by atoms with Gasteiger partial charge in [-0.1, -0.05) is 54.2 Å². The maximum atomic E-state index is 16.2. The molecule has 1 aliphatic heterocycles. The number of amides is 3. The van der Waals surface area contributed by atoms with E-state index in [-0.39, 0.29) is 42.9 Å². The number of aromatic carboxylic acids is 1. The number of nitrogens with zero attached hydrogens (tertiary/aromatic N) is 1. The Morgan fingerprint density at radius 2 is 1.60 bits per heavy atom. The minimum absolute atomic E-state index is 0.0852. The zero-order chi connectivity index (χ0) is 40.5. The molecule has 3 atom stereocenters. The smallest absolute Gasteiger partial charge is 0.335 e. The lowest BCUT2D eigenvalue weighted by atomic mass is 9.98. The second kappa shape index (κ2) is 19.0. The predicted octanol–water partition coefficient (Wildman–Crippen LogP) is 4.30. The average molecular weight is 795 g/mol. The minimum Gasteiger partial charge on any atom is -0.478 e. The van der Waals surface area contributed by atoms with E-state index in [0.29, 0.717) is 53.1 Å². The number of nitrogens with two attached hydrogens (primary N) is 2. The number of nitrogens with one attached hydrogen (secondary N) is 5. The SMILES string of the molecule is Cc1cnc2c(c1)CN[C@@H](CCCN)C(=O)N[C@@H](CCCN)C(=O)N[C@@H](Cc1c[nH]c3ccccc13)C(=O)NCc1c(-c3ccc(C(=O)O)cc3)ccc(F)c1S2. The summed E-state index contributed by atoms with van der Waals surface area (Å²) in [6.45, 7) is 2.55. The molecule has 2 aromatic heterocycles. The second-order valence-corrected chi connectivity index (χ2v) is 15.1. The molecule has 3 aromatic carbocycles. The highest BCUT2D eigenvalue weighted by molar-refractivity contribution is 7.99. The average Bonchev–Trinajstić information content (AvgIpc) is 3.62. The molecule has 0 aliphatic carbocycles.